The van der Waals surface area contributed by atoms with Crippen LogP contribution in [0.25, 0.3) is 11.0 Å². The van der Waals surface area contributed by atoms with Gasteiger partial charge in [-0.15, -0.1) is 0 Å². The smallest absolute Gasteiger partial charge is 0.391 e. The molecule has 0 saturated heterocycles. The van der Waals surface area contributed by atoms with Crippen molar-refractivity contribution in [2.45, 2.75) is 32.0 Å². The zero-order chi connectivity index (χ0) is 14.8. The Hall–Kier alpha value is -1.20. The van der Waals surface area contributed by atoms with Gasteiger partial charge in [0.15, 0.2) is 5.58 Å². The minimum atomic E-state index is -4.26. The molecule has 1 heterocycles. The standard InChI is InChI=1S/C14H15ClF3NO/c1-2-6-19-11(8-14(16,17)18)12-7-9-4-3-5-10(15)13(9)20-12/h3-5,7,11,19H,2,6,8H2,1H3. The van der Waals surface area contributed by atoms with E-state index in [2.05, 4.69) is 5.32 Å². The normalized spacial score (nSPS) is 13.8. The predicted octanol–water partition coefficient (Wildman–Crippen LogP) is 5.08. The summed E-state index contributed by atoms with van der Waals surface area (Å²) in [4.78, 5) is 0. The van der Waals surface area contributed by atoms with E-state index in [0.29, 0.717) is 22.5 Å². The van der Waals surface area contributed by atoms with E-state index in [1.165, 1.54) is 0 Å². The molecular weight excluding hydrogens is 291 g/mol. The molecule has 2 nitrogen and oxygen atoms in total. The summed E-state index contributed by atoms with van der Waals surface area (Å²) in [5.74, 6) is 0.263. The molecule has 2 aromatic rings. The summed E-state index contributed by atoms with van der Waals surface area (Å²) < 4.78 is 43.4. The third-order valence-electron chi connectivity index (χ3n) is 2.93. The third-order valence-corrected chi connectivity index (χ3v) is 3.23. The number of alkyl halides is 3. The van der Waals surface area contributed by atoms with Crippen LogP contribution in [-0.2, 0) is 0 Å². The number of nitrogens with one attached hydrogen (secondary N) is 1. The SMILES string of the molecule is CCCNC(CC(F)(F)F)c1cc2cccc(Cl)c2o1. The Kier molecular flexibility index (Phi) is 4.60. The highest BCUT2D eigenvalue weighted by molar-refractivity contribution is 6.34. The van der Waals surface area contributed by atoms with Gasteiger partial charge in [0, 0.05) is 5.39 Å². The van der Waals surface area contributed by atoms with Crippen molar-refractivity contribution in [3.05, 3.63) is 35.0 Å². The lowest BCUT2D eigenvalue weighted by Gasteiger charge is -2.17. The van der Waals surface area contributed by atoms with Crippen LogP contribution in [0.2, 0.25) is 5.02 Å². The lowest BCUT2D eigenvalue weighted by Crippen LogP contribution is -2.27. The molecule has 0 aliphatic rings. The first-order valence-electron chi connectivity index (χ1n) is 6.39. The van der Waals surface area contributed by atoms with Crippen LogP contribution in [0.1, 0.15) is 31.6 Å². The molecule has 2 rings (SSSR count). The van der Waals surface area contributed by atoms with Crippen molar-refractivity contribution in [1.29, 1.82) is 0 Å². The number of fused-ring (bicyclic) bond motifs is 1. The molecule has 1 N–H and O–H groups in total. The number of halogens is 4. The average Bonchev–Trinajstić information content (AvgIpc) is 2.78. The number of hydrogen-bond acceptors (Lipinski definition) is 2. The molecule has 0 aliphatic heterocycles. The summed E-state index contributed by atoms with van der Waals surface area (Å²) in [5.41, 5.74) is 0.426. The molecule has 20 heavy (non-hydrogen) atoms. The van der Waals surface area contributed by atoms with Crippen LogP contribution in [0, 0.1) is 0 Å². The summed E-state index contributed by atoms with van der Waals surface area (Å²) in [6.45, 7) is 2.39. The molecule has 6 heteroatoms. The van der Waals surface area contributed by atoms with Crippen LogP contribution in [-0.4, -0.2) is 12.7 Å². The Morgan fingerprint density at radius 3 is 2.70 bits per heavy atom. The zero-order valence-corrected chi connectivity index (χ0v) is 11.7. The van der Waals surface area contributed by atoms with Gasteiger partial charge < -0.3 is 9.73 Å². The van der Waals surface area contributed by atoms with Crippen molar-refractivity contribution < 1.29 is 17.6 Å². The van der Waals surface area contributed by atoms with Crippen molar-refractivity contribution in [3.8, 4) is 0 Å². The van der Waals surface area contributed by atoms with Gasteiger partial charge in [-0.3, -0.25) is 0 Å². The van der Waals surface area contributed by atoms with Gasteiger partial charge in [-0.2, -0.15) is 13.2 Å². The molecule has 0 radical (unpaired) electrons. The minimum Gasteiger partial charge on any atom is -0.458 e. The van der Waals surface area contributed by atoms with E-state index in [4.69, 9.17) is 16.0 Å². The van der Waals surface area contributed by atoms with Crippen molar-refractivity contribution in [3.63, 3.8) is 0 Å². The van der Waals surface area contributed by atoms with Crippen molar-refractivity contribution in [2.75, 3.05) is 6.54 Å². The molecule has 1 aromatic heterocycles. The Balaban J connectivity index is 2.32. The molecule has 110 valence electrons. The van der Waals surface area contributed by atoms with E-state index in [-0.39, 0.29) is 5.76 Å². The van der Waals surface area contributed by atoms with E-state index >= 15 is 0 Å². The van der Waals surface area contributed by atoms with Crippen molar-refractivity contribution >= 4 is 22.6 Å². The van der Waals surface area contributed by atoms with Gasteiger partial charge in [0.1, 0.15) is 5.76 Å². The van der Waals surface area contributed by atoms with Gasteiger partial charge in [0.05, 0.1) is 17.5 Å². The summed E-state index contributed by atoms with van der Waals surface area (Å²) in [6.07, 6.45) is -4.48. The van der Waals surface area contributed by atoms with Crippen LogP contribution < -0.4 is 5.32 Å². The fourth-order valence-corrected chi connectivity index (χ4v) is 2.26. The Labute approximate surface area is 119 Å². The lowest BCUT2D eigenvalue weighted by atomic mass is 10.1. The third kappa shape index (κ3) is 3.67. The second kappa shape index (κ2) is 6.06. The van der Waals surface area contributed by atoms with Crippen molar-refractivity contribution in [1.82, 2.24) is 5.32 Å². The molecule has 1 atom stereocenters. The molecule has 0 amide bonds. The van der Waals surface area contributed by atoms with E-state index in [9.17, 15) is 13.2 Å². The number of para-hydroxylation sites is 1. The first-order valence-corrected chi connectivity index (χ1v) is 6.76. The van der Waals surface area contributed by atoms with Crippen molar-refractivity contribution in [2.24, 2.45) is 0 Å². The molecule has 0 aliphatic carbocycles. The molecule has 0 spiro atoms. The maximum Gasteiger partial charge on any atom is 0.391 e. The van der Waals surface area contributed by atoms with Crippen LogP contribution in [0.5, 0.6) is 0 Å². The molecular formula is C14H15ClF3NO. The minimum absolute atomic E-state index is 0.263. The molecule has 1 unspecified atom stereocenters. The Morgan fingerprint density at radius 1 is 1.35 bits per heavy atom. The number of hydrogen-bond donors (Lipinski definition) is 1. The van der Waals surface area contributed by atoms with Gasteiger partial charge in [-0.25, -0.2) is 0 Å². The first kappa shape index (κ1) is 15.2. The highest BCUT2D eigenvalue weighted by Crippen LogP contribution is 2.34. The zero-order valence-electron chi connectivity index (χ0n) is 10.9. The van der Waals surface area contributed by atoms with E-state index < -0.39 is 18.6 Å². The summed E-state index contributed by atoms with van der Waals surface area (Å²) >= 11 is 5.98. The quantitative estimate of drug-likeness (QED) is 0.833. The van der Waals surface area contributed by atoms with Gasteiger partial charge in [-0.05, 0) is 25.1 Å². The van der Waals surface area contributed by atoms with Gasteiger partial charge in [0.2, 0.25) is 0 Å². The fourth-order valence-electron chi connectivity index (χ4n) is 2.04. The largest absolute Gasteiger partial charge is 0.458 e. The monoisotopic (exact) mass is 305 g/mol. The van der Waals surface area contributed by atoms with Crippen LogP contribution in [0.3, 0.4) is 0 Å². The molecule has 0 fully saturated rings. The van der Waals surface area contributed by atoms with Crippen LogP contribution in [0.15, 0.2) is 28.7 Å². The fraction of sp³-hybridized carbons (Fsp3) is 0.429. The number of furan rings is 1. The van der Waals surface area contributed by atoms with Crippen LogP contribution >= 0.6 is 11.6 Å². The second-order valence-corrected chi connectivity index (χ2v) is 5.04. The van der Waals surface area contributed by atoms with Crippen LogP contribution in [0.4, 0.5) is 13.2 Å². The topological polar surface area (TPSA) is 25.2 Å². The Bertz CT molecular complexity index is 579. The predicted molar refractivity (Wildman–Crippen MR) is 72.9 cm³/mol. The molecule has 0 bridgehead atoms. The second-order valence-electron chi connectivity index (χ2n) is 4.63. The maximum absolute atomic E-state index is 12.6. The summed E-state index contributed by atoms with van der Waals surface area (Å²) in [5, 5.41) is 3.97. The summed E-state index contributed by atoms with van der Waals surface area (Å²) in [6, 6.07) is 5.87. The highest BCUT2D eigenvalue weighted by Gasteiger charge is 2.34. The highest BCUT2D eigenvalue weighted by atomic mass is 35.5. The number of rotatable bonds is 5. The maximum atomic E-state index is 12.6. The Morgan fingerprint density at radius 2 is 2.10 bits per heavy atom. The first-order chi connectivity index (χ1) is 9.40. The van der Waals surface area contributed by atoms with Gasteiger partial charge >= 0.3 is 6.18 Å². The van der Waals surface area contributed by atoms with E-state index in [1.807, 2.05) is 6.92 Å². The van der Waals surface area contributed by atoms with E-state index in [0.717, 1.165) is 6.42 Å². The lowest BCUT2D eigenvalue weighted by molar-refractivity contribution is -0.141. The average molecular weight is 306 g/mol. The molecule has 1 aromatic carbocycles. The molecule has 0 saturated carbocycles. The van der Waals surface area contributed by atoms with Gasteiger partial charge in [0.25, 0.3) is 0 Å². The van der Waals surface area contributed by atoms with E-state index in [1.54, 1.807) is 24.3 Å². The number of benzene rings is 1. The van der Waals surface area contributed by atoms with Gasteiger partial charge in [-0.1, -0.05) is 30.7 Å². The summed E-state index contributed by atoms with van der Waals surface area (Å²) in [7, 11) is 0.